The molecule has 1 heterocycles. The molecule has 0 atom stereocenters. The van der Waals surface area contributed by atoms with Crippen molar-refractivity contribution >= 4 is 27.5 Å². The van der Waals surface area contributed by atoms with E-state index in [2.05, 4.69) is 10.6 Å². The Balaban J connectivity index is 1.69. The van der Waals surface area contributed by atoms with E-state index in [9.17, 15) is 18.0 Å². The first-order valence-corrected chi connectivity index (χ1v) is 10.1. The maximum atomic E-state index is 12.5. The van der Waals surface area contributed by atoms with Gasteiger partial charge in [0.15, 0.2) is 0 Å². The second-order valence-corrected chi connectivity index (χ2v) is 8.18. The number of hydrogen-bond donors (Lipinski definition) is 2. The summed E-state index contributed by atoms with van der Waals surface area (Å²) in [7, 11) is -1.94. The smallest absolute Gasteiger partial charge is 0.255 e. The first-order chi connectivity index (χ1) is 12.9. The largest absolute Gasteiger partial charge is 0.355 e. The molecule has 0 saturated carbocycles. The minimum absolute atomic E-state index is 0.191. The van der Waals surface area contributed by atoms with Gasteiger partial charge in [-0.2, -0.15) is 4.31 Å². The number of carbonyl (C=O) groups is 2. The van der Waals surface area contributed by atoms with E-state index < -0.39 is 10.0 Å². The third kappa shape index (κ3) is 4.17. The van der Waals surface area contributed by atoms with Crippen LogP contribution >= 0.6 is 0 Å². The SMILES string of the molecule is CNC(=O)c1ccc(NC(=O)c2ccc(S(=O)(=O)N3CCCC3)cc2)cc1. The van der Waals surface area contributed by atoms with Crippen molar-refractivity contribution in [3.63, 3.8) is 0 Å². The van der Waals surface area contributed by atoms with Gasteiger partial charge in [0.05, 0.1) is 4.90 Å². The lowest BCUT2D eigenvalue weighted by molar-refractivity contribution is 0.0962. The van der Waals surface area contributed by atoms with Crippen molar-refractivity contribution in [2.75, 3.05) is 25.5 Å². The fourth-order valence-corrected chi connectivity index (χ4v) is 4.43. The van der Waals surface area contributed by atoms with E-state index in [0.29, 0.717) is 29.9 Å². The zero-order valence-electron chi connectivity index (χ0n) is 14.9. The van der Waals surface area contributed by atoms with Gasteiger partial charge in [0.1, 0.15) is 0 Å². The summed E-state index contributed by atoms with van der Waals surface area (Å²) in [6.07, 6.45) is 1.75. The Bertz CT molecular complexity index is 932. The molecule has 0 aliphatic carbocycles. The van der Waals surface area contributed by atoms with Crippen LogP contribution in [0.4, 0.5) is 5.69 Å². The van der Waals surface area contributed by atoms with Crippen LogP contribution in [0.1, 0.15) is 33.6 Å². The summed E-state index contributed by atoms with van der Waals surface area (Å²) in [4.78, 5) is 24.1. The molecule has 27 heavy (non-hydrogen) atoms. The van der Waals surface area contributed by atoms with Gasteiger partial charge in [-0.15, -0.1) is 0 Å². The number of nitrogens with one attached hydrogen (secondary N) is 2. The van der Waals surface area contributed by atoms with Crippen molar-refractivity contribution < 1.29 is 18.0 Å². The lowest BCUT2D eigenvalue weighted by Gasteiger charge is -2.15. The Morgan fingerprint density at radius 1 is 0.852 bits per heavy atom. The predicted octanol–water partition coefficient (Wildman–Crippen LogP) is 2.08. The average Bonchev–Trinajstić information content (AvgIpc) is 3.24. The zero-order valence-corrected chi connectivity index (χ0v) is 15.8. The highest BCUT2D eigenvalue weighted by molar-refractivity contribution is 7.89. The molecule has 2 aromatic carbocycles. The predicted molar refractivity (Wildman–Crippen MR) is 102 cm³/mol. The van der Waals surface area contributed by atoms with Gasteiger partial charge in [-0.25, -0.2) is 8.42 Å². The molecule has 3 rings (SSSR count). The molecule has 0 radical (unpaired) electrons. The van der Waals surface area contributed by atoms with Gasteiger partial charge in [-0.05, 0) is 61.4 Å². The Hall–Kier alpha value is -2.71. The summed E-state index contributed by atoms with van der Waals surface area (Å²) < 4.78 is 26.5. The third-order valence-corrected chi connectivity index (χ3v) is 6.36. The summed E-state index contributed by atoms with van der Waals surface area (Å²) in [5.41, 5.74) is 1.39. The molecular formula is C19H21N3O4S. The third-order valence-electron chi connectivity index (χ3n) is 4.45. The molecule has 142 valence electrons. The van der Waals surface area contributed by atoms with Crippen molar-refractivity contribution in [1.82, 2.24) is 9.62 Å². The van der Waals surface area contributed by atoms with Crippen LogP contribution in [0.2, 0.25) is 0 Å². The van der Waals surface area contributed by atoms with Crippen molar-refractivity contribution in [1.29, 1.82) is 0 Å². The molecule has 1 aliphatic rings. The Labute approximate surface area is 158 Å². The summed E-state index contributed by atoms with van der Waals surface area (Å²) in [6.45, 7) is 1.08. The fourth-order valence-electron chi connectivity index (χ4n) is 2.91. The first-order valence-electron chi connectivity index (χ1n) is 8.65. The van der Waals surface area contributed by atoms with Crippen LogP contribution in [0.3, 0.4) is 0 Å². The van der Waals surface area contributed by atoms with Crippen LogP contribution < -0.4 is 10.6 Å². The first kappa shape index (κ1) is 19.1. The van der Waals surface area contributed by atoms with Gasteiger partial charge in [-0.3, -0.25) is 9.59 Å². The molecule has 1 aliphatic heterocycles. The van der Waals surface area contributed by atoms with E-state index in [4.69, 9.17) is 0 Å². The maximum Gasteiger partial charge on any atom is 0.255 e. The fraction of sp³-hybridized carbons (Fsp3) is 0.263. The normalized spacial score (nSPS) is 14.7. The van der Waals surface area contributed by atoms with Crippen LogP contribution in [0, 0.1) is 0 Å². The van der Waals surface area contributed by atoms with E-state index in [0.717, 1.165) is 12.8 Å². The second-order valence-electron chi connectivity index (χ2n) is 6.25. The molecule has 2 amide bonds. The quantitative estimate of drug-likeness (QED) is 0.821. The van der Waals surface area contributed by atoms with Gasteiger partial charge in [0.25, 0.3) is 11.8 Å². The van der Waals surface area contributed by atoms with Gasteiger partial charge in [0, 0.05) is 37.0 Å². The molecule has 1 fully saturated rings. The van der Waals surface area contributed by atoms with Crippen molar-refractivity contribution in [3.05, 3.63) is 59.7 Å². The molecule has 0 bridgehead atoms. The molecule has 8 heteroatoms. The van der Waals surface area contributed by atoms with E-state index in [-0.39, 0.29) is 16.7 Å². The van der Waals surface area contributed by atoms with Crippen LogP contribution in [-0.2, 0) is 10.0 Å². The standard InChI is InChI=1S/C19H21N3O4S/c1-20-18(23)14-4-8-16(9-5-14)21-19(24)15-6-10-17(11-7-15)27(25,26)22-12-2-3-13-22/h4-11H,2-3,12-13H2,1H3,(H,20,23)(H,21,24). The second kappa shape index (κ2) is 7.89. The summed E-state index contributed by atoms with van der Waals surface area (Å²) in [5.74, 6) is -0.560. The molecule has 0 unspecified atom stereocenters. The molecule has 7 nitrogen and oxygen atoms in total. The maximum absolute atomic E-state index is 12.5. The van der Waals surface area contributed by atoms with Gasteiger partial charge >= 0.3 is 0 Å². The van der Waals surface area contributed by atoms with Crippen molar-refractivity contribution in [2.24, 2.45) is 0 Å². The Morgan fingerprint density at radius 3 is 1.93 bits per heavy atom. The molecule has 0 aromatic heterocycles. The number of amides is 2. The Kier molecular flexibility index (Phi) is 5.57. The molecule has 0 spiro atoms. The summed E-state index contributed by atoms with van der Waals surface area (Å²) >= 11 is 0. The number of benzene rings is 2. The number of rotatable bonds is 5. The number of sulfonamides is 1. The van der Waals surface area contributed by atoms with E-state index in [1.54, 1.807) is 31.3 Å². The lowest BCUT2D eigenvalue weighted by atomic mass is 10.1. The molecule has 1 saturated heterocycles. The number of nitrogens with zero attached hydrogens (tertiary/aromatic N) is 1. The minimum Gasteiger partial charge on any atom is -0.355 e. The molecule has 2 aromatic rings. The number of hydrogen-bond acceptors (Lipinski definition) is 4. The highest BCUT2D eigenvalue weighted by Gasteiger charge is 2.27. The lowest BCUT2D eigenvalue weighted by Crippen LogP contribution is -2.27. The van der Waals surface area contributed by atoms with Crippen molar-refractivity contribution in [2.45, 2.75) is 17.7 Å². The zero-order chi connectivity index (χ0) is 19.4. The van der Waals surface area contributed by atoms with Crippen LogP contribution in [0.5, 0.6) is 0 Å². The minimum atomic E-state index is -3.49. The van der Waals surface area contributed by atoms with Crippen molar-refractivity contribution in [3.8, 4) is 0 Å². The highest BCUT2D eigenvalue weighted by atomic mass is 32.2. The number of carbonyl (C=O) groups excluding carboxylic acids is 2. The van der Waals surface area contributed by atoms with E-state index in [1.165, 1.54) is 28.6 Å². The van der Waals surface area contributed by atoms with E-state index >= 15 is 0 Å². The molecule has 2 N–H and O–H groups in total. The highest BCUT2D eigenvalue weighted by Crippen LogP contribution is 2.21. The summed E-state index contributed by atoms with van der Waals surface area (Å²) in [5, 5.41) is 5.25. The van der Waals surface area contributed by atoms with Gasteiger partial charge < -0.3 is 10.6 Å². The Morgan fingerprint density at radius 2 is 1.37 bits per heavy atom. The van der Waals surface area contributed by atoms with Crippen LogP contribution in [-0.4, -0.2) is 44.7 Å². The average molecular weight is 387 g/mol. The van der Waals surface area contributed by atoms with E-state index in [1.807, 2.05) is 0 Å². The van der Waals surface area contributed by atoms with Crippen LogP contribution in [0.25, 0.3) is 0 Å². The monoisotopic (exact) mass is 387 g/mol. The van der Waals surface area contributed by atoms with Crippen LogP contribution in [0.15, 0.2) is 53.4 Å². The topological polar surface area (TPSA) is 95.6 Å². The number of anilines is 1. The molecular weight excluding hydrogens is 366 g/mol. The van der Waals surface area contributed by atoms with Gasteiger partial charge in [0.2, 0.25) is 10.0 Å². The summed E-state index contributed by atoms with van der Waals surface area (Å²) in [6, 6.07) is 12.4. The van der Waals surface area contributed by atoms with Gasteiger partial charge in [-0.1, -0.05) is 0 Å².